The Morgan fingerprint density at radius 3 is 2.44 bits per heavy atom. The van der Waals surface area contributed by atoms with Gasteiger partial charge < -0.3 is 10.6 Å². The van der Waals surface area contributed by atoms with Crippen molar-refractivity contribution in [3.63, 3.8) is 0 Å². The fourth-order valence-electron chi connectivity index (χ4n) is 2.53. The molecule has 6 heteroatoms. The number of rotatable bonds is 5. The molecule has 2 aromatic carbocycles. The predicted molar refractivity (Wildman–Crippen MR) is 101 cm³/mol. The van der Waals surface area contributed by atoms with Gasteiger partial charge in [-0.15, -0.1) is 0 Å². The smallest absolute Gasteiger partial charge is 0.257 e. The van der Waals surface area contributed by atoms with E-state index in [0.29, 0.717) is 11.3 Å². The van der Waals surface area contributed by atoms with Crippen molar-refractivity contribution in [2.45, 2.75) is 13.5 Å². The van der Waals surface area contributed by atoms with Crippen molar-refractivity contribution in [1.29, 1.82) is 0 Å². The molecule has 0 aliphatic carbocycles. The lowest BCUT2D eigenvalue weighted by Crippen LogP contribution is -2.24. The van der Waals surface area contributed by atoms with E-state index in [9.17, 15) is 14.0 Å². The molecule has 0 radical (unpaired) electrons. The first kappa shape index (κ1) is 18.3. The Morgan fingerprint density at radius 1 is 0.963 bits per heavy atom. The number of carbonyl (C=O) groups excluding carboxylic acids is 2. The molecular formula is C21H18FN3O2. The zero-order valence-electron chi connectivity index (χ0n) is 14.7. The fraction of sp³-hybridized carbons (Fsp3) is 0.0952. The van der Waals surface area contributed by atoms with Crippen molar-refractivity contribution < 1.29 is 14.0 Å². The molecule has 0 unspecified atom stereocenters. The minimum atomic E-state index is -0.434. The van der Waals surface area contributed by atoms with Gasteiger partial charge in [-0.05, 0) is 36.8 Å². The number of hydrogen-bond acceptors (Lipinski definition) is 3. The van der Waals surface area contributed by atoms with Gasteiger partial charge in [0.15, 0.2) is 0 Å². The van der Waals surface area contributed by atoms with Gasteiger partial charge in [-0.2, -0.15) is 0 Å². The van der Waals surface area contributed by atoms with Crippen molar-refractivity contribution in [1.82, 2.24) is 10.3 Å². The van der Waals surface area contributed by atoms with Gasteiger partial charge in [0, 0.05) is 30.2 Å². The second-order valence-electron chi connectivity index (χ2n) is 6.06. The van der Waals surface area contributed by atoms with Gasteiger partial charge in [-0.3, -0.25) is 14.6 Å². The number of nitrogens with zero attached hydrogens (tertiary/aromatic N) is 1. The van der Waals surface area contributed by atoms with Crippen LogP contribution in [0, 0.1) is 12.7 Å². The van der Waals surface area contributed by atoms with Gasteiger partial charge in [0.1, 0.15) is 5.82 Å². The average Bonchev–Trinajstić information content (AvgIpc) is 2.67. The molecule has 3 rings (SSSR count). The lowest BCUT2D eigenvalue weighted by atomic mass is 10.1. The van der Waals surface area contributed by atoms with Crippen LogP contribution in [0.5, 0.6) is 0 Å². The van der Waals surface area contributed by atoms with Crippen molar-refractivity contribution in [2.75, 3.05) is 5.32 Å². The van der Waals surface area contributed by atoms with Crippen molar-refractivity contribution in [3.8, 4) is 0 Å². The van der Waals surface area contributed by atoms with Crippen LogP contribution in [0.15, 0.2) is 67.0 Å². The largest absolute Gasteiger partial charge is 0.348 e. The van der Waals surface area contributed by atoms with Crippen LogP contribution in [-0.2, 0) is 6.54 Å². The first-order valence-corrected chi connectivity index (χ1v) is 8.37. The summed E-state index contributed by atoms with van der Waals surface area (Å²) in [6.45, 7) is 1.98. The fourth-order valence-corrected chi connectivity index (χ4v) is 2.53. The summed E-state index contributed by atoms with van der Waals surface area (Å²) in [6.07, 6.45) is 2.75. The molecule has 0 aliphatic rings. The van der Waals surface area contributed by atoms with E-state index >= 15 is 0 Å². The van der Waals surface area contributed by atoms with Crippen molar-refractivity contribution in [2.24, 2.45) is 0 Å². The highest BCUT2D eigenvalue weighted by Gasteiger charge is 2.12. The van der Waals surface area contributed by atoms with Crippen LogP contribution >= 0.6 is 0 Å². The van der Waals surface area contributed by atoms with Gasteiger partial charge >= 0.3 is 0 Å². The molecular weight excluding hydrogens is 345 g/mol. The maximum Gasteiger partial charge on any atom is 0.257 e. The maximum absolute atomic E-state index is 13.6. The highest BCUT2D eigenvalue weighted by Crippen LogP contribution is 2.12. The molecule has 1 heterocycles. The SMILES string of the molecule is Cc1cccc(NC(=O)c2cncc(C(=O)NCc3ccccc3F)c2)c1. The standard InChI is InChI=1S/C21H18FN3O2/c1-14-5-4-7-18(9-14)25-21(27)17-10-16(11-23-12-17)20(26)24-13-15-6-2-3-8-19(15)22/h2-12H,13H2,1H3,(H,24,26)(H,25,27). The molecule has 0 aliphatic heterocycles. The van der Waals surface area contributed by atoms with Gasteiger partial charge in [0.25, 0.3) is 11.8 Å². The molecule has 27 heavy (non-hydrogen) atoms. The monoisotopic (exact) mass is 363 g/mol. The molecule has 0 spiro atoms. The summed E-state index contributed by atoms with van der Waals surface area (Å²) >= 11 is 0. The Labute approximate surface area is 156 Å². The van der Waals surface area contributed by atoms with Gasteiger partial charge in [0.2, 0.25) is 0 Å². The number of pyridine rings is 1. The lowest BCUT2D eigenvalue weighted by molar-refractivity contribution is 0.0950. The molecule has 3 aromatic rings. The highest BCUT2D eigenvalue weighted by atomic mass is 19.1. The number of anilines is 1. The van der Waals surface area contributed by atoms with E-state index in [4.69, 9.17) is 0 Å². The van der Waals surface area contributed by atoms with E-state index < -0.39 is 5.91 Å². The molecule has 136 valence electrons. The first-order chi connectivity index (χ1) is 13.0. The lowest BCUT2D eigenvalue weighted by Gasteiger charge is -2.08. The highest BCUT2D eigenvalue weighted by molar-refractivity contribution is 6.05. The molecule has 0 bridgehead atoms. The summed E-state index contributed by atoms with van der Waals surface area (Å²) in [6, 6.07) is 15.1. The van der Waals surface area contributed by atoms with Crippen LogP contribution in [0.25, 0.3) is 0 Å². The number of benzene rings is 2. The second kappa shape index (κ2) is 8.23. The number of nitrogens with one attached hydrogen (secondary N) is 2. The predicted octanol–water partition coefficient (Wildman–Crippen LogP) is 3.71. The van der Waals surface area contributed by atoms with Crippen molar-refractivity contribution in [3.05, 3.63) is 95.1 Å². The maximum atomic E-state index is 13.6. The van der Waals surface area contributed by atoms with E-state index in [-0.39, 0.29) is 29.4 Å². The van der Waals surface area contributed by atoms with E-state index in [1.807, 2.05) is 25.1 Å². The molecule has 2 amide bonds. The number of aryl methyl sites for hydroxylation is 1. The number of hydrogen-bond donors (Lipinski definition) is 2. The Bertz CT molecular complexity index is 988. The molecule has 5 nitrogen and oxygen atoms in total. The molecule has 2 N–H and O–H groups in total. The number of carbonyl (C=O) groups is 2. The third-order valence-corrected chi connectivity index (χ3v) is 3.94. The second-order valence-corrected chi connectivity index (χ2v) is 6.06. The zero-order valence-corrected chi connectivity index (χ0v) is 14.7. The van der Waals surface area contributed by atoms with E-state index in [0.717, 1.165) is 5.56 Å². The Morgan fingerprint density at radius 2 is 1.70 bits per heavy atom. The summed E-state index contributed by atoms with van der Waals surface area (Å²) in [5, 5.41) is 5.40. The summed E-state index contributed by atoms with van der Waals surface area (Å²) in [4.78, 5) is 28.7. The Balaban J connectivity index is 1.68. The normalized spacial score (nSPS) is 10.3. The van der Waals surface area contributed by atoms with E-state index in [1.54, 1.807) is 24.3 Å². The Kier molecular flexibility index (Phi) is 5.56. The molecule has 1 aromatic heterocycles. The number of aromatic nitrogens is 1. The van der Waals surface area contributed by atoms with Gasteiger partial charge in [-0.25, -0.2) is 4.39 Å². The summed E-state index contributed by atoms with van der Waals surface area (Å²) in [5.74, 6) is -1.19. The van der Waals surface area contributed by atoms with Crippen LogP contribution in [0.1, 0.15) is 31.8 Å². The number of amides is 2. The van der Waals surface area contributed by atoms with Crippen LogP contribution in [0.2, 0.25) is 0 Å². The molecule has 0 saturated heterocycles. The van der Waals surface area contributed by atoms with E-state index in [2.05, 4.69) is 15.6 Å². The molecule has 0 saturated carbocycles. The third kappa shape index (κ3) is 4.76. The van der Waals surface area contributed by atoms with Crippen LogP contribution in [-0.4, -0.2) is 16.8 Å². The quantitative estimate of drug-likeness (QED) is 0.726. The molecule has 0 fully saturated rings. The average molecular weight is 363 g/mol. The summed E-state index contributed by atoms with van der Waals surface area (Å²) in [5.41, 5.74) is 2.55. The summed E-state index contributed by atoms with van der Waals surface area (Å²) < 4.78 is 13.6. The first-order valence-electron chi connectivity index (χ1n) is 8.37. The minimum Gasteiger partial charge on any atom is -0.348 e. The van der Waals surface area contributed by atoms with Crippen LogP contribution < -0.4 is 10.6 Å². The van der Waals surface area contributed by atoms with Gasteiger partial charge in [-0.1, -0.05) is 30.3 Å². The zero-order chi connectivity index (χ0) is 19.2. The van der Waals surface area contributed by atoms with Gasteiger partial charge in [0.05, 0.1) is 11.1 Å². The van der Waals surface area contributed by atoms with Crippen LogP contribution in [0.3, 0.4) is 0 Å². The van der Waals surface area contributed by atoms with E-state index in [1.165, 1.54) is 24.5 Å². The van der Waals surface area contributed by atoms with Crippen molar-refractivity contribution >= 4 is 17.5 Å². The number of halogens is 1. The third-order valence-electron chi connectivity index (χ3n) is 3.94. The minimum absolute atomic E-state index is 0.0468. The summed E-state index contributed by atoms with van der Waals surface area (Å²) in [7, 11) is 0. The topological polar surface area (TPSA) is 71.1 Å². The van der Waals surface area contributed by atoms with Crippen LogP contribution in [0.4, 0.5) is 10.1 Å². The molecule has 0 atom stereocenters. The Hall–Kier alpha value is -3.54.